The Labute approximate surface area is 125 Å². The Morgan fingerprint density at radius 2 is 1.89 bits per heavy atom. The molecule has 2 rings (SSSR count). The van der Waals surface area contributed by atoms with Gasteiger partial charge < -0.3 is 5.32 Å². The van der Waals surface area contributed by atoms with E-state index in [1.54, 1.807) is 12.1 Å². The van der Waals surface area contributed by atoms with Crippen molar-refractivity contribution in [3.8, 4) is 0 Å². The summed E-state index contributed by atoms with van der Waals surface area (Å²) < 4.78 is 14.4. The molecule has 0 fully saturated rings. The summed E-state index contributed by atoms with van der Waals surface area (Å²) >= 11 is 9.61. The van der Waals surface area contributed by atoms with Crippen LogP contribution in [0.1, 0.15) is 16.5 Å². The first-order valence-corrected chi connectivity index (χ1v) is 7.23. The van der Waals surface area contributed by atoms with Gasteiger partial charge in [-0.05, 0) is 23.8 Å². The SMILES string of the molecule is Fc1ccc(Br)cc1CNCC(Cl)c1ccccc1. The lowest BCUT2D eigenvalue weighted by molar-refractivity contribution is 0.586. The Morgan fingerprint density at radius 3 is 2.63 bits per heavy atom. The molecule has 0 aliphatic heterocycles. The number of hydrogen-bond donors (Lipinski definition) is 1. The molecular weight excluding hydrogens is 329 g/mol. The van der Waals surface area contributed by atoms with Crippen molar-refractivity contribution in [2.45, 2.75) is 11.9 Å². The summed E-state index contributed by atoms with van der Waals surface area (Å²) in [5, 5.41) is 3.06. The van der Waals surface area contributed by atoms with Crippen LogP contribution in [0.2, 0.25) is 0 Å². The summed E-state index contributed by atoms with van der Waals surface area (Å²) in [4.78, 5) is 0. The molecule has 0 aliphatic rings. The van der Waals surface area contributed by atoms with E-state index in [2.05, 4.69) is 21.2 Å². The highest BCUT2D eigenvalue weighted by Gasteiger charge is 2.08. The molecule has 0 aliphatic carbocycles. The minimum atomic E-state index is -0.207. The molecule has 0 bridgehead atoms. The highest BCUT2D eigenvalue weighted by Crippen LogP contribution is 2.19. The maximum Gasteiger partial charge on any atom is 0.127 e. The first-order chi connectivity index (χ1) is 9.16. The number of alkyl halides is 1. The molecule has 1 N–H and O–H groups in total. The van der Waals surface area contributed by atoms with Gasteiger partial charge >= 0.3 is 0 Å². The van der Waals surface area contributed by atoms with Crippen LogP contribution in [0.15, 0.2) is 53.0 Å². The van der Waals surface area contributed by atoms with Crippen molar-refractivity contribution in [3.05, 3.63) is 69.9 Å². The van der Waals surface area contributed by atoms with Gasteiger partial charge in [-0.25, -0.2) is 4.39 Å². The van der Waals surface area contributed by atoms with Crippen molar-refractivity contribution in [2.75, 3.05) is 6.54 Å². The average Bonchev–Trinajstić information content (AvgIpc) is 2.43. The Bertz CT molecular complexity index is 533. The van der Waals surface area contributed by atoms with E-state index in [1.807, 2.05) is 30.3 Å². The lowest BCUT2D eigenvalue weighted by atomic mass is 10.1. The molecular formula is C15H14BrClFN. The normalized spacial score (nSPS) is 12.4. The van der Waals surface area contributed by atoms with E-state index in [4.69, 9.17) is 11.6 Å². The van der Waals surface area contributed by atoms with Crippen LogP contribution in [0.25, 0.3) is 0 Å². The number of hydrogen-bond acceptors (Lipinski definition) is 1. The van der Waals surface area contributed by atoms with Crippen LogP contribution in [0.4, 0.5) is 4.39 Å². The largest absolute Gasteiger partial charge is 0.311 e. The van der Waals surface area contributed by atoms with Crippen LogP contribution >= 0.6 is 27.5 Å². The second kappa shape index (κ2) is 7.04. The Morgan fingerprint density at radius 1 is 1.16 bits per heavy atom. The molecule has 1 unspecified atom stereocenters. The van der Waals surface area contributed by atoms with Gasteiger partial charge in [-0.15, -0.1) is 11.6 Å². The number of rotatable bonds is 5. The van der Waals surface area contributed by atoms with Gasteiger partial charge in [0.1, 0.15) is 5.82 Å². The van der Waals surface area contributed by atoms with Crippen molar-refractivity contribution in [1.29, 1.82) is 0 Å². The van der Waals surface area contributed by atoms with E-state index in [9.17, 15) is 4.39 Å². The molecule has 0 amide bonds. The molecule has 0 aromatic heterocycles. The van der Waals surface area contributed by atoms with Crippen LogP contribution in [0, 0.1) is 5.82 Å². The predicted octanol–water partition coefficient (Wildman–Crippen LogP) is 4.66. The topological polar surface area (TPSA) is 12.0 Å². The highest BCUT2D eigenvalue weighted by molar-refractivity contribution is 9.10. The maximum atomic E-state index is 13.5. The van der Waals surface area contributed by atoms with E-state index < -0.39 is 0 Å². The van der Waals surface area contributed by atoms with Gasteiger partial charge in [0, 0.05) is 23.1 Å². The van der Waals surface area contributed by atoms with Gasteiger partial charge in [0.25, 0.3) is 0 Å². The lowest BCUT2D eigenvalue weighted by Gasteiger charge is -2.11. The van der Waals surface area contributed by atoms with Crippen molar-refractivity contribution in [2.24, 2.45) is 0 Å². The zero-order valence-electron chi connectivity index (χ0n) is 10.2. The second-order valence-corrected chi connectivity index (χ2v) is 5.69. The van der Waals surface area contributed by atoms with E-state index in [1.165, 1.54) is 6.07 Å². The van der Waals surface area contributed by atoms with Crippen LogP contribution in [0.3, 0.4) is 0 Å². The summed E-state index contributed by atoms with van der Waals surface area (Å²) in [5.74, 6) is -0.207. The summed E-state index contributed by atoms with van der Waals surface area (Å²) in [7, 11) is 0. The third-order valence-corrected chi connectivity index (χ3v) is 3.71. The first-order valence-electron chi connectivity index (χ1n) is 6.00. The third-order valence-electron chi connectivity index (χ3n) is 2.81. The second-order valence-electron chi connectivity index (χ2n) is 4.24. The highest BCUT2D eigenvalue weighted by atomic mass is 79.9. The van der Waals surface area contributed by atoms with Crippen molar-refractivity contribution in [1.82, 2.24) is 5.32 Å². The Balaban J connectivity index is 1.88. The summed E-state index contributed by atoms with van der Waals surface area (Å²) in [6.07, 6.45) is 0. The smallest absolute Gasteiger partial charge is 0.127 e. The molecule has 0 heterocycles. The molecule has 19 heavy (non-hydrogen) atoms. The molecule has 0 spiro atoms. The van der Waals surface area contributed by atoms with Crippen LogP contribution < -0.4 is 5.32 Å². The Hall–Kier alpha value is -0.900. The number of benzene rings is 2. The maximum absolute atomic E-state index is 13.5. The van der Waals surface area contributed by atoms with E-state index in [-0.39, 0.29) is 11.2 Å². The van der Waals surface area contributed by atoms with E-state index in [0.29, 0.717) is 18.7 Å². The van der Waals surface area contributed by atoms with Gasteiger partial charge in [0.2, 0.25) is 0 Å². The summed E-state index contributed by atoms with van der Waals surface area (Å²) in [6.45, 7) is 1.05. The zero-order valence-corrected chi connectivity index (χ0v) is 12.6. The van der Waals surface area contributed by atoms with Crippen molar-refractivity contribution in [3.63, 3.8) is 0 Å². The third kappa shape index (κ3) is 4.30. The molecule has 1 atom stereocenters. The minimum absolute atomic E-state index is 0.114. The molecule has 1 nitrogen and oxygen atoms in total. The van der Waals surface area contributed by atoms with Gasteiger partial charge in [-0.2, -0.15) is 0 Å². The standard InChI is InChI=1S/C15H14BrClFN/c16-13-6-7-15(18)12(8-13)9-19-10-14(17)11-4-2-1-3-5-11/h1-8,14,19H,9-10H2. The quantitative estimate of drug-likeness (QED) is 0.779. The van der Waals surface area contributed by atoms with Crippen LogP contribution in [-0.2, 0) is 6.54 Å². The van der Waals surface area contributed by atoms with Crippen molar-refractivity contribution < 1.29 is 4.39 Å². The summed E-state index contributed by atoms with van der Waals surface area (Å²) in [5.41, 5.74) is 1.69. The zero-order chi connectivity index (χ0) is 13.7. The molecule has 0 saturated carbocycles. The predicted molar refractivity (Wildman–Crippen MR) is 80.8 cm³/mol. The van der Waals surface area contributed by atoms with E-state index in [0.717, 1.165) is 10.0 Å². The number of halogens is 3. The fourth-order valence-corrected chi connectivity index (χ4v) is 2.46. The molecule has 2 aromatic rings. The molecule has 2 aromatic carbocycles. The lowest BCUT2D eigenvalue weighted by Crippen LogP contribution is -2.19. The summed E-state index contributed by atoms with van der Waals surface area (Å²) in [6, 6.07) is 14.8. The van der Waals surface area contributed by atoms with Gasteiger partial charge in [-0.3, -0.25) is 0 Å². The van der Waals surface area contributed by atoms with Gasteiger partial charge in [0.05, 0.1) is 5.38 Å². The van der Waals surface area contributed by atoms with Gasteiger partial charge in [0.15, 0.2) is 0 Å². The van der Waals surface area contributed by atoms with Crippen LogP contribution in [-0.4, -0.2) is 6.54 Å². The molecule has 4 heteroatoms. The Kier molecular flexibility index (Phi) is 5.37. The average molecular weight is 343 g/mol. The molecule has 100 valence electrons. The fourth-order valence-electron chi connectivity index (χ4n) is 1.79. The fraction of sp³-hybridized carbons (Fsp3) is 0.200. The van der Waals surface area contributed by atoms with E-state index >= 15 is 0 Å². The first kappa shape index (κ1) is 14.5. The van der Waals surface area contributed by atoms with Crippen molar-refractivity contribution >= 4 is 27.5 Å². The van der Waals surface area contributed by atoms with Crippen LogP contribution in [0.5, 0.6) is 0 Å². The molecule has 0 saturated heterocycles. The minimum Gasteiger partial charge on any atom is -0.311 e. The van der Waals surface area contributed by atoms with Gasteiger partial charge in [-0.1, -0.05) is 46.3 Å². The number of nitrogens with one attached hydrogen (secondary N) is 1. The molecule has 0 radical (unpaired) electrons. The monoisotopic (exact) mass is 341 g/mol.